The SMILES string of the molecule is Nc1c(Cl)cccc1C(=O)Nc1ccc(F)c(F)c1F. The topological polar surface area (TPSA) is 55.1 Å². The number of nitrogens with one attached hydrogen (secondary N) is 1. The summed E-state index contributed by atoms with van der Waals surface area (Å²) in [5.74, 6) is -5.28. The summed E-state index contributed by atoms with van der Waals surface area (Å²) in [5.41, 5.74) is 5.13. The van der Waals surface area contributed by atoms with Crippen molar-refractivity contribution in [1.29, 1.82) is 0 Å². The van der Waals surface area contributed by atoms with Gasteiger partial charge in [0.15, 0.2) is 17.5 Å². The third-order valence-corrected chi connectivity index (χ3v) is 2.91. The molecule has 0 aromatic heterocycles. The van der Waals surface area contributed by atoms with Crippen LogP contribution in [0.4, 0.5) is 24.5 Å². The number of para-hydroxylation sites is 1. The molecule has 0 fully saturated rings. The molecule has 0 aliphatic heterocycles. The molecule has 7 heteroatoms. The number of benzene rings is 2. The molecular formula is C13H8ClF3N2O. The summed E-state index contributed by atoms with van der Waals surface area (Å²) in [6.45, 7) is 0. The zero-order valence-corrected chi connectivity index (χ0v) is 10.6. The first-order chi connectivity index (χ1) is 9.41. The van der Waals surface area contributed by atoms with Gasteiger partial charge in [0, 0.05) is 0 Å². The van der Waals surface area contributed by atoms with Gasteiger partial charge in [0.25, 0.3) is 5.91 Å². The van der Waals surface area contributed by atoms with Gasteiger partial charge >= 0.3 is 0 Å². The predicted molar refractivity (Wildman–Crippen MR) is 70.1 cm³/mol. The molecule has 0 bridgehead atoms. The third kappa shape index (κ3) is 2.55. The van der Waals surface area contributed by atoms with E-state index in [0.717, 1.165) is 6.07 Å². The lowest BCUT2D eigenvalue weighted by Crippen LogP contribution is -2.15. The Labute approximate surface area is 117 Å². The molecule has 0 aliphatic rings. The molecule has 0 unspecified atom stereocenters. The fourth-order valence-corrected chi connectivity index (χ4v) is 1.72. The van der Waals surface area contributed by atoms with Crippen molar-refractivity contribution in [2.75, 3.05) is 11.1 Å². The van der Waals surface area contributed by atoms with Gasteiger partial charge in [-0.15, -0.1) is 0 Å². The van der Waals surface area contributed by atoms with Crippen LogP contribution in [-0.4, -0.2) is 5.91 Å². The normalized spacial score (nSPS) is 10.4. The number of halogens is 4. The summed E-state index contributed by atoms with van der Waals surface area (Å²) >= 11 is 5.75. The molecule has 0 heterocycles. The fraction of sp³-hybridized carbons (Fsp3) is 0. The fourth-order valence-electron chi connectivity index (χ4n) is 1.55. The summed E-state index contributed by atoms with van der Waals surface area (Å²) in [4.78, 5) is 11.9. The van der Waals surface area contributed by atoms with Crippen LogP contribution in [-0.2, 0) is 0 Å². The quantitative estimate of drug-likeness (QED) is 0.658. The van der Waals surface area contributed by atoms with Crippen molar-refractivity contribution in [2.45, 2.75) is 0 Å². The predicted octanol–water partition coefficient (Wildman–Crippen LogP) is 3.59. The first-order valence-electron chi connectivity index (χ1n) is 5.40. The Morgan fingerprint density at radius 2 is 1.80 bits per heavy atom. The van der Waals surface area contributed by atoms with E-state index in [4.69, 9.17) is 17.3 Å². The van der Waals surface area contributed by atoms with Gasteiger partial charge in [-0.05, 0) is 24.3 Å². The standard InChI is InChI=1S/C13H8ClF3N2O/c14-7-3-1-2-6(12(7)18)13(20)19-9-5-4-8(15)10(16)11(9)17/h1-5H,18H2,(H,19,20). The molecule has 1 amide bonds. The van der Waals surface area contributed by atoms with Crippen molar-refractivity contribution in [3.63, 3.8) is 0 Å². The summed E-state index contributed by atoms with van der Waals surface area (Å²) in [6.07, 6.45) is 0. The second-order valence-electron chi connectivity index (χ2n) is 3.88. The van der Waals surface area contributed by atoms with Crippen molar-refractivity contribution in [3.8, 4) is 0 Å². The number of amides is 1. The maximum atomic E-state index is 13.4. The van der Waals surface area contributed by atoms with E-state index in [1.165, 1.54) is 18.2 Å². The van der Waals surface area contributed by atoms with Gasteiger partial charge in [-0.3, -0.25) is 4.79 Å². The first-order valence-corrected chi connectivity index (χ1v) is 5.78. The lowest BCUT2D eigenvalue weighted by atomic mass is 10.1. The summed E-state index contributed by atoms with van der Waals surface area (Å²) in [5, 5.41) is 2.26. The summed E-state index contributed by atoms with van der Waals surface area (Å²) in [7, 11) is 0. The van der Waals surface area contributed by atoms with E-state index < -0.39 is 29.0 Å². The molecule has 3 N–H and O–H groups in total. The minimum atomic E-state index is -1.66. The van der Waals surface area contributed by atoms with Gasteiger partial charge < -0.3 is 11.1 Å². The molecule has 3 nitrogen and oxygen atoms in total. The molecule has 2 aromatic carbocycles. The average molecular weight is 301 g/mol. The van der Waals surface area contributed by atoms with E-state index in [0.29, 0.717) is 6.07 Å². The average Bonchev–Trinajstić information content (AvgIpc) is 2.42. The third-order valence-electron chi connectivity index (χ3n) is 2.58. The molecular weight excluding hydrogens is 293 g/mol. The molecule has 0 atom stereocenters. The molecule has 0 aliphatic carbocycles. The first kappa shape index (κ1) is 14.2. The van der Waals surface area contributed by atoms with Gasteiger partial charge in [0.1, 0.15) is 0 Å². The van der Waals surface area contributed by atoms with E-state index in [9.17, 15) is 18.0 Å². The van der Waals surface area contributed by atoms with Crippen molar-refractivity contribution >= 4 is 28.9 Å². The summed E-state index contributed by atoms with van der Waals surface area (Å²) in [6, 6.07) is 5.94. The van der Waals surface area contributed by atoms with Gasteiger partial charge in [0.2, 0.25) is 0 Å². The van der Waals surface area contributed by atoms with Gasteiger partial charge in [-0.2, -0.15) is 0 Å². The second kappa shape index (κ2) is 5.42. The van der Waals surface area contributed by atoms with Gasteiger partial charge in [-0.25, -0.2) is 13.2 Å². The van der Waals surface area contributed by atoms with Crippen molar-refractivity contribution in [3.05, 3.63) is 58.4 Å². The summed E-state index contributed by atoms with van der Waals surface area (Å²) < 4.78 is 39.2. The minimum absolute atomic E-state index is 0.00151. The van der Waals surface area contributed by atoms with Crippen LogP contribution in [0.1, 0.15) is 10.4 Å². The van der Waals surface area contributed by atoms with Crippen LogP contribution in [0.15, 0.2) is 30.3 Å². The lowest BCUT2D eigenvalue weighted by molar-refractivity contribution is 0.102. The molecule has 2 rings (SSSR count). The Bertz CT molecular complexity index is 692. The largest absolute Gasteiger partial charge is 0.397 e. The van der Waals surface area contributed by atoms with E-state index >= 15 is 0 Å². The number of nitrogens with two attached hydrogens (primary N) is 1. The molecule has 104 valence electrons. The van der Waals surface area contributed by atoms with Crippen molar-refractivity contribution in [1.82, 2.24) is 0 Å². The number of hydrogen-bond acceptors (Lipinski definition) is 2. The molecule has 0 spiro atoms. The van der Waals surface area contributed by atoms with E-state index in [-0.39, 0.29) is 16.3 Å². The smallest absolute Gasteiger partial charge is 0.257 e. The molecule has 0 radical (unpaired) electrons. The van der Waals surface area contributed by atoms with E-state index in [1.54, 1.807) is 0 Å². The highest BCUT2D eigenvalue weighted by Gasteiger charge is 2.17. The second-order valence-corrected chi connectivity index (χ2v) is 4.29. The van der Waals surface area contributed by atoms with Crippen LogP contribution in [0, 0.1) is 17.5 Å². The molecule has 20 heavy (non-hydrogen) atoms. The van der Waals surface area contributed by atoms with Gasteiger partial charge in [-0.1, -0.05) is 17.7 Å². The Balaban J connectivity index is 2.33. The van der Waals surface area contributed by atoms with Crippen LogP contribution in [0.25, 0.3) is 0 Å². The molecule has 0 saturated heterocycles. The number of carbonyl (C=O) groups is 1. The van der Waals surface area contributed by atoms with Crippen LogP contribution in [0.5, 0.6) is 0 Å². The Kier molecular flexibility index (Phi) is 3.85. The Morgan fingerprint density at radius 1 is 1.10 bits per heavy atom. The number of nitrogen functional groups attached to an aromatic ring is 1. The van der Waals surface area contributed by atoms with Crippen molar-refractivity contribution < 1.29 is 18.0 Å². The maximum Gasteiger partial charge on any atom is 0.257 e. The zero-order chi connectivity index (χ0) is 14.9. The maximum absolute atomic E-state index is 13.4. The highest BCUT2D eigenvalue weighted by Crippen LogP contribution is 2.25. The highest BCUT2D eigenvalue weighted by atomic mass is 35.5. The monoisotopic (exact) mass is 300 g/mol. The minimum Gasteiger partial charge on any atom is -0.397 e. The molecule has 0 saturated carbocycles. The highest BCUT2D eigenvalue weighted by molar-refractivity contribution is 6.34. The number of rotatable bonds is 2. The molecule has 2 aromatic rings. The van der Waals surface area contributed by atoms with Crippen LogP contribution < -0.4 is 11.1 Å². The van der Waals surface area contributed by atoms with Crippen LogP contribution >= 0.6 is 11.6 Å². The van der Waals surface area contributed by atoms with Crippen LogP contribution in [0.3, 0.4) is 0 Å². The number of carbonyl (C=O) groups excluding carboxylic acids is 1. The van der Waals surface area contributed by atoms with Crippen molar-refractivity contribution in [2.24, 2.45) is 0 Å². The Morgan fingerprint density at radius 3 is 2.50 bits per heavy atom. The number of hydrogen-bond donors (Lipinski definition) is 2. The van der Waals surface area contributed by atoms with E-state index in [2.05, 4.69) is 5.32 Å². The zero-order valence-electron chi connectivity index (χ0n) is 9.88. The van der Waals surface area contributed by atoms with Crippen LogP contribution in [0.2, 0.25) is 5.02 Å². The van der Waals surface area contributed by atoms with Gasteiger partial charge in [0.05, 0.1) is 22.0 Å². The Hall–Kier alpha value is -2.21. The lowest BCUT2D eigenvalue weighted by Gasteiger charge is -2.09. The number of anilines is 2. The van der Waals surface area contributed by atoms with E-state index in [1.807, 2.05) is 0 Å².